The molecular formula is C32H29N3O10S4. The quantitative estimate of drug-likeness (QED) is 0.0345. The van der Waals surface area contributed by atoms with Gasteiger partial charge in [-0.25, -0.2) is 18.0 Å². The first kappa shape index (κ1) is 35.5. The SMILES string of the molecule is CC(C)(C)OC(=O)Nc1ccc(OCCCOc2no[n+]([O-])c2S(=O)(=O)c2ccccc2)c(C(=O)Oc2ccc(-c3cc(=S)ss3)cc2)c1. The molecule has 3 aromatic carbocycles. The van der Waals surface area contributed by atoms with Gasteiger partial charge in [-0.1, -0.05) is 51.1 Å². The maximum Gasteiger partial charge on any atom is 0.414 e. The lowest BCUT2D eigenvalue weighted by molar-refractivity contribution is -0.832. The van der Waals surface area contributed by atoms with E-state index >= 15 is 0 Å². The van der Waals surface area contributed by atoms with Gasteiger partial charge in [-0.05, 0) is 91.9 Å². The number of carbonyl (C=O) groups is 2. The molecular weight excluding hydrogens is 715 g/mol. The molecule has 0 unspecified atom stereocenters. The van der Waals surface area contributed by atoms with Gasteiger partial charge in [0.05, 0.1) is 23.3 Å². The Kier molecular flexibility index (Phi) is 11.0. The minimum Gasteiger partial charge on any atom is -0.493 e. The van der Waals surface area contributed by atoms with Crippen molar-refractivity contribution in [2.24, 2.45) is 0 Å². The Bertz CT molecular complexity index is 2100. The Hall–Kier alpha value is -4.84. The summed E-state index contributed by atoms with van der Waals surface area (Å²) < 4.78 is 53.5. The van der Waals surface area contributed by atoms with Gasteiger partial charge < -0.3 is 24.2 Å². The lowest BCUT2D eigenvalue weighted by Gasteiger charge is -2.20. The summed E-state index contributed by atoms with van der Waals surface area (Å²) in [5.41, 5.74) is 0.448. The zero-order valence-electron chi connectivity index (χ0n) is 26.2. The lowest BCUT2D eigenvalue weighted by atomic mass is 10.1. The molecule has 1 N–H and O–H groups in total. The lowest BCUT2D eigenvalue weighted by Crippen LogP contribution is -2.31. The Morgan fingerprint density at radius 2 is 1.69 bits per heavy atom. The normalized spacial score (nSPS) is 11.5. The molecule has 0 spiro atoms. The van der Waals surface area contributed by atoms with Crippen molar-refractivity contribution in [3.8, 4) is 27.8 Å². The van der Waals surface area contributed by atoms with Crippen molar-refractivity contribution in [2.75, 3.05) is 18.5 Å². The van der Waals surface area contributed by atoms with E-state index in [4.69, 9.17) is 31.2 Å². The third kappa shape index (κ3) is 9.20. The number of nitrogens with one attached hydrogen (secondary N) is 1. The number of ether oxygens (including phenoxy) is 4. The second-order valence-corrected chi connectivity index (χ2v) is 15.9. The molecule has 2 heterocycles. The molecule has 2 aromatic heterocycles. The van der Waals surface area contributed by atoms with Crippen LogP contribution in [-0.4, -0.2) is 44.5 Å². The number of rotatable bonds is 12. The number of anilines is 1. The van der Waals surface area contributed by atoms with Crippen LogP contribution in [0.3, 0.4) is 0 Å². The third-order valence-electron chi connectivity index (χ3n) is 6.30. The van der Waals surface area contributed by atoms with Crippen molar-refractivity contribution in [2.45, 2.75) is 42.7 Å². The molecule has 0 atom stereocenters. The van der Waals surface area contributed by atoms with Crippen LogP contribution in [0, 0.1) is 9.03 Å². The zero-order chi connectivity index (χ0) is 35.2. The second-order valence-electron chi connectivity index (χ2n) is 11.2. The molecule has 49 heavy (non-hydrogen) atoms. The van der Waals surface area contributed by atoms with E-state index in [9.17, 15) is 23.2 Å². The minimum atomic E-state index is -4.28. The summed E-state index contributed by atoms with van der Waals surface area (Å²) in [6.45, 7) is 5.05. The van der Waals surface area contributed by atoms with Gasteiger partial charge in [0.25, 0.3) is 9.84 Å². The molecule has 17 heteroatoms. The highest BCUT2D eigenvalue weighted by Gasteiger charge is 2.35. The summed E-state index contributed by atoms with van der Waals surface area (Å²) in [5.74, 6) is -0.838. The van der Waals surface area contributed by atoms with Crippen molar-refractivity contribution >= 4 is 60.5 Å². The summed E-state index contributed by atoms with van der Waals surface area (Å²) in [4.78, 5) is 26.4. The Morgan fingerprint density at radius 3 is 2.37 bits per heavy atom. The Labute approximate surface area is 293 Å². The van der Waals surface area contributed by atoms with Gasteiger partial charge in [0.2, 0.25) is 0 Å². The molecule has 13 nitrogen and oxygen atoms in total. The van der Waals surface area contributed by atoms with Crippen LogP contribution >= 0.6 is 32.9 Å². The fourth-order valence-electron chi connectivity index (χ4n) is 4.19. The first-order chi connectivity index (χ1) is 23.3. The monoisotopic (exact) mass is 743 g/mol. The zero-order valence-corrected chi connectivity index (χ0v) is 29.5. The molecule has 0 saturated carbocycles. The van der Waals surface area contributed by atoms with Gasteiger partial charge in [-0.15, -0.1) is 0 Å². The van der Waals surface area contributed by atoms with Crippen LogP contribution in [0.2, 0.25) is 0 Å². The van der Waals surface area contributed by atoms with E-state index in [2.05, 4.69) is 15.1 Å². The van der Waals surface area contributed by atoms with E-state index < -0.39 is 38.4 Å². The average Bonchev–Trinajstić information content (AvgIpc) is 3.66. The standard InChI is InChI=1S/C32H29N3O10S4/c1-32(2,3)44-31(37)33-21-12-15-25(24(18-21)30(36)43-22-13-10-20(11-14-22)26-19-27(46)48-47-26)41-16-7-17-42-28-29(35(38)45-34-28)49(39,40)23-8-5-4-6-9-23/h4-6,8-15,18-19H,7,16-17H2,1-3H3,(H,33,37). The maximum atomic E-state index is 13.4. The predicted molar refractivity (Wildman–Crippen MR) is 183 cm³/mol. The number of esters is 1. The van der Waals surface area contributed by atoms with Gasteiger partial charge in [-0.2, -0.15) is 0 Å². The number of benzene rings is 3. The summed E-state index contributed by atoms with van der Waals surface area (Å²) in [7, 11) is -1.23. The van der Waals surface area contributed by atoms with E-state index in [1.165, 1.54) is 52.8 Å². The molecule has 0 aliphatic rings. The number of amides is 1. The summed E-state index contributed by atoms with van der Waals surface area (Å²) >= 11 is 5.21. The van der Waals surface area contributed by atoms with Crippen molar-refractivity contribution in [3.05, 3.63) is 93.5 Å². The van der Waals surface area contributed by atoms with Gasteiger partial charge >= 0.3 is 23.0 Å². The van der Waals surface area contributed by atoms with E-state index in [1.807, 2.05) is 18.2 Å². The number of nitrogens with zero attached hydrogens (tertiary/aromatic N) is 2. The van der Waals surface area contributed by atoms with E-state index in [0.29, 0.717) is 0 Å². The number of aromatic nitrogens is 2. The van der Waals surface area contributed by atoms with Crippen molar-refractivity contribution in [3.63, 3.8) is 0 Å². The molecule has 0 saturated heterocycles. The van der Waals surface area contributed by atoms with E-state index in [1.54, 1.807) is 49.3 Å². The molecule has 0 aliphatic heterocycles. The molecule has 0 aliphatic carbocycles. The summed E-state index contributed by atoms with van der Waals surface area (Å²) in [6.07, 6.45) is -0.536. The van der Waals surface area contributed by atoms with E-state index in [-0.39, 0.29) is 52.2 Å². The largest absolute Gasteiger partial charge is 0.493 e. The predicted octanol–water partition coefficient (Wildman–Crippen LogP) is 7.07. The van der Waals surface area contributed by atoms with Crippen molar-refractivity contribution in [1.29, 1.82) is 0 Å². The molecule has 0 radical (unpaired) electrons. The molecule has 0 bridgehead atoms. The van der Waals surface area contributed by atoms with Crippen LogP contribution < -0.4 is 24.4 Å². The first-order valence-corrected chi connectivity index (χ1v) is 18.6. The maximum absolute atomic E-state index is 13.4. The Balaban J connectivity index is 1.27. The fraction of sp³-hybridized carbons (Fsp3) is 0.219. The highest BCUT2D eigenvalue weighted by atomic mass is 32.9. The number of hydrogen-bond acceptors (Lipinski definition) is 14. The molecule has 5 rings (SSSR count). The summed E-state index contributed by atoms with van der Waals surface area (Å²) in [6, 6.07) is 20.6. The van der Waals surface area contributed by atoms with Crippen LogP contribution in [0.1, 0.15) is 37.6 Å². The molecule has 0 fully saturated rings. The van der Waals surface area contributed by atoms with Crippen LogP contribution in [0.25, 0.3) is 10.4 Å². The molecule has 1 amide bonds. The Morgan fingerprint density at radius 1 is 0.980 bits per heavy atom. The third-order valence-corrected chi connectivity index (χ3v) is 10.9. The number of hydrogen-bond donors (Lipinski definition) is 1. The number of sulfone groups is 1. The topological polar surface area (TPSA) is 170 Å². The smallest absolute Gasteiger partial charge is 0.414 e. The van der Waals surface area contributed by atoms with Crippen molar-refractivity contribution < 1.29 is 46.5 Å². The van der Waals surface area contributed by atoms with Crippen LogP contribution in [0.4, 0.5) is 10.5 Å². The van der Waals surface area contributed by atoms with E-state index in [0.717, 1.165) is 14.3 Å². The van der Waals surface area contributed by atoms with Gasteiger partial charge in [-0.3, -0.25) is 9.95 Å². The first-order valence-electron chi connectivity index (χ1n) is 14.5. The van der Waals surface area contributed by atoms with Crippen LogP contribution in [-0.2, 0) is 14.6 Å². The highest BCUT2D eigenvalue weighted by Crippen LogP contribution is 2.31. The van der Waals surface area contributed by atoms with Crippen LogP contribution in [0.5, 0.6) is 17.4 Å². The average molecular weight is 744 g/mol. The molecule has 5 aromatic rings. The minimum absolute atomic E-state index is 0.00351. The van der Waals surface area contributed by atoms with Crippen molar-refractivity contribution in [1.82, 2.24) is 5.16 Å². The van der Waals surface area contributed by atoms with Gasteiger partial charge in [0.15, 0.2) is 0 Å². The molecule has 256 valence electrons. The fourth-order valence-corrected chi connectivity index (χ4v) is 7.88. The van der Waals surface area contributed by atoms with Crippen LogP contribution in [0.15, 0.2) is 93.4 Å². The highest BCUT2D eigenvalue weighted by molar-refractivity contribution is 7.91. The summed E-state index contributed by atoms with van der Waals surface area (Å²) in [5, 5.41) is 17.4. The second kappa shape index (κ2) is 15.1. The van der Waals surface area contributed by atoms with Gasteiger partial charge in [0, 0.05) is 17.0 Å². The van der Waals surface area contributed by atoms with Gasteiger partial charge in [0.1, 0.15) is 26.5 Å². The number of carbonyl (C=O) groups excluding carboxylic acids is 2.